The summed E-state index contributed by atoms with van der Waals surface area (Å²) in [6.07, 6.45) is -0.166. The molecule has 1 aromatic carbocycles. The summed E-state index contributed by atoms with van der Waals surface area (Å²) in [6.45, 7) is 0.144. The topological polar surface area (TPSA) is 72.9 Å². The fourth-order valence-corrected chi connectivity index (χ4v) is 4.80. The average molecular weight is 368 g/mol. The molecule has 0 saturated carbocycles. The first-order valence-electron chi connectivity index (χ1n) is 6.40. The molecule has 9 heteroatoms. The molecule has 1 fully saturated rings. The number of halogens is 2. The first-order valence-corrected chi connectivity index (χ1v) is 8.59. The number of benzene rings is 1. The molecule has 22 heavy (non-hydrogen) atoms. The second-order valence-corrected chi connectivity index (χ2v) is 7.52. The highest BCUT2D eigenvalue weighted by Crippen LogP contribution is 2.31. The normalized spacial score (nSPS) is 22.7. The largest absolute Gasteiger partial charge is 0.468 e. The van der Waals surface area contributed by atoms with E-state index < -0.39 is 28.1 Å². The summed E-state index contributed by atoms with van der Waals surface area (Å²) in [5, 5.41) is 0.395. The molecule has 0 unspecified atom stereocenters. The van der Waals surface area contributed by atoms with Crippen molar-refractivity contribution >= 4 is 39.2 Å². The van der Waals surface area contributed by atoms with Crippen LogP contribution in [0.3, 0.4) is 0 Å². The van der Waals surface area contributed by atoms with Gasteiger partial charge in [-0.3, -0.25) is 4.79 Å². The number of rotatable bonds is 4. The van der Waals surface area contributed by atoms with E-state index in [1.165, 1.54) is 32.4 Å². The van der Waals surface area contributed by atoms with Crippen LogP contribution in [0.1, 0.15) is 6.42 Å². The van der Waals surface area contributed by atoms with Crippen LogP contribution in [0.4, 0.5) is 0 Å². The van der Waals surface area contributed by atoms with Crippen LogP contribution < -0.4 is 0 Å². The molecular formula is C13H15Cl2NO5S. The van der Waals surface area contributed by atoms with Gasteiger partial charge >= 0.3 is 5.97 Å². The molecule has 1 aliphatic rings. The van der Waals surface area contributed by atoms with Gasteiger partial charge in [-0.05, 0) is 24.6 Å². The SMILES string of the molecule is COC(=O)[C@@H]1[C@H](OC)CCN1S(=O)(=O)c1cc(Cl)cc(Cl)c1. The summed E-state index contributed by atoms with van der Waals surface area (Å²) >= 11 is 11.7. The molecule has 122 valence electrons. The van der Waals surface area contributed by atoms with Crippen LogP contribution in [0.25, 0.3) is 0 Å². The number of carbonyl (C=O) groups is 1. The third-order valence-electron chi connectivity index (χ3n) is 3.48. The molecule has 6 nitrogen and oxygen atoms in total. The van der Waals surface area contributed by atoms with E-state index in [-0.39, 0.29) is 21.5 Å². The van der Waals surface area contributed by atoms with Gasteiger partial charge in [0.25, 0.3) is 0 Å². The van der Waals surface area contributed by atoms with Crippen LogP contribution in [0, 0.1) is 0 Å². The quantitative estimate of drug-likeness (QED) is 0.760. The third kappa shape index (κ3) is 3.23. The van der Waals surface area contributed by atoms with Crippen LogP contribution in [0.15, 0.2) is 23.1 Å². The smallest absolute Gasteiger partial charge is 0.326 e. The molecule has 0 radical (unpaired) electrons. The molecule has 1 saturated heterocycles. The lowest BCUT2D eigenvalue weighted by Crippen LogP contribution is -2.46. The molecule has 1 heterocycles. The molecule has 1 aliphatic heterocycles. The van der Waals surface area contributed by atoms with E-state index in [1.54, 1.807) is 0 Å². The molecule has 0 bridgehead atoms. The highest BCUT2D eigenvalue weighted by molar-refractivity contribution is 7.89. The standard InChI is InChI=1S/C13H15Cl2NO5S/c1-20-11-3-4-16(12(11)13(17)21-2)22(18,19)10-6-8(14)5-9(15)7-10/h5-7,11-12H,3-4H2,1-2H3/t11-,12+/m1/s1. The number of sulfonamides is 1. The van der Waals surface area contributed by atoms with Gasteiger partial charge in [0, 0.05) is 23.7 Å². The van der Waals surface area contributed by atoms with E-state index >= 15 is 0 Å². The lowest BCUT2D eigenvalue weighted by Gasteiger charge is -2.24. The fraction of sp³-hybridized carbons (Fsp3) is 0.462. The van der Waals surface area contributed by atoms with Crippen molar-refractivity contribution in [2.75, 3.05) is 20.8 Å². The van der Waals surface area contributed by atoms with Gasteiger partial charge in [0.15, 0.2) is 0 Å². The molecule has 0 aliphatic carbocycles. The molecular weight excluding hydrogens is 353 g/mol. The maximum atomic E-state index is 12.8. The van der Waals surface area contributed by atoms with Crippen molar-refractivity contribution < 1.29 is 22.7 Å². The third-order valence-corrected chi connectivity index (χ3v) is 5.78. The number of methoxy groups -OCH3 is 2. The summed E-state index contributed by atoms with van der Waals surface area (Å²) in [7, 11) is -1.32. The Hall–Kier alpha value is -0.860. The Balaban J connectivity index is 2.45. The van der Waals surface area contributed by atoms with Crippen LogP contribution in [-0.4, -0.2) is 51.6 Å². The van der Waals surface area contributed by atoms with E-state index in [0.717, 1.165) is 4.31 Å². The summed E-state index contributed by atoms with van der Waals surface area (Å²) in [6, 6.07) is 2.98. The number of carbonyl (C=O) groups excluding carboxylic acids is 1. The Bertz CT molecular complexity index is 659. The van der Waals surface area contributed by atoms with Crippen LogP contribution in [0.5, 0.6) is 0 Å². The first-order chi connectivity index (χ1) is 10.3. The summed E-state index contributed by atoms with van der Waals surface area (Å²) in [5.41, 5.74) is 0. The zero-order valence-electron chi connectivity index (χ0n) is 12.0. The number of hydrogen-bond acceptors (Lipinski definition) is 5. The van der Waals surface area contributed by atoms with Gasteiger partial charge in [-0.2, -0.15) is 4.31 Å². The zero-order chi connectivity index (χ0) is 16.5. The Morgan fingerprint density at radius 2 is 1.82 bits per heavy atom. The van der Waals surface area contributed by atoms with Crippen molar-refractivity contribution in [3.8, 4) is 0 Å². The highest BCUT2D eigenvalue weighted by atomic mass is 35.5. The Labute approximate surface area is 138 Å². The van der Waals surface area contributed by atoms with Gasteiger partial charge in [-0.25, -0.2) is 8.42 Å². The zero-order valence-corrected chi connectivity index (χ0v) is 14.3. The van der Waals surface area contributed by atoms with Crippen molar-refractivity contribution in [1.29, 1.82) is 0 Å². The van der Waals surface area contributed by atoms with Crippen molar-refractivity contribution in [3.63, 3.8) is 0 Å². The highest BCUT2D eigenvalue weighted by Gasteiger charge is 2.46. The lowest BCUT2D eigenvalue weighted by atomic mass is 10.2. The van der Waals surface area contributed by atoms with Crippen LogP contribution in [-0.2, 0) is 24.3 Å². The summed E-state index contributed by atoms with van der Waals surface area (Å²) in [4.78, 5) is 11.9. The van der Waals surface area contributed by atoms with Gasteiger partial charge in [-0.15, -0.1) is 0 Å². The van der Waals surface area contributed by atoms with Crippen LogP contribution in [0.2, 0.25) is 10.0 Å². The average Bonchev–Trinajstić information content (AvgIpc) is 2.90. The van der Waals surface area contributed by atoms with E-state index in [1.807, 2.05) is 0 Å². The van der Waals surface area contributed by atoms with Gasteiger partial charge in [0.2, 0.25) is 10.0 Å². The maximum Gasteiger partial charge on any atom is 0.326 e. The van der Waals surface area contributed by atoms with E-state index in [2.05, 4.69) is 0 Å². The molecule has 0 N–H and O–H groups in total. The number of nitrogens with zero attached hydrogens (tertiary/aromatic N) is 1. The van der Waals surface area contributed by atoms with Crippen molar-refractivity contribution in [2.24, 2.45) is 0 Å². The minimum atomic E-state index is -3.95. The predicted octanol–water partition coefficient (Wildman–Crippen LogP) is 1.94. The van der Waals surface area contributed by atoms with Gasteiger partial charge in [0.1, 0.15) is 6.04 Å². The maximum absolute atomic E-state index is 12.8. The van der Waals surface area contributed by atoms with E-state index in [4.69, 9.17) is 32.7 Å². The van der Waals surface area contributed by atoms with Crippen molar-refractivity contribution in [3.05, 3.63) is 28.2 Å². The number of ether oxygens (including phenoxy) is 2. The van der Waals surface area contributed by atoms with E-state index in [9.17, 15) is 13.2 Å². The minimum Gasteiger partial charge on any atom is -0.468 e. The minimum absolute atomic E-state index is 0.0735. The first kappa shape index (κ1) is 17.5. The monoisotopic (exact) mass is 367 g/mol. The van der Waals surface area contributed by atoms with Gasteiger partial charge < -0.3 is 9.47 Å². The summed E-state index contributed by atoms with van der Waals surface area (Å²) < 4.78 is 36.5. The predicted molar refractivity (Wildman–Crippen MR) is 81.6 cm³/mol. The molecule has 0 amide bonds. The Morgan fingerprint density at radius 1 is 1.23 bits per heavy atom. The summed E-state index contributed by atoms with van der Waals surface area (Å²) in [5.74, 6) is -0.666. The van der Waals surface area contributed by atoms with Crippen molar-refractivity contribution in [1.82, 2.24) is 4.31 Å². The van der Waals surface area contributed by atoms with Crippen molar-refractivity contribution in [2.45, 2.75) is 23.5 Å². The second kappa shape index (κ2) is 6.72. The number of hydrogen-bond donors (Lipinski definition) is 0. The fourth-order valence-electron chi connectivity index (χ4n) is 2.46. The van der Waals surface area contributed by atoms with Gasteiger partial charge in [-0.1, -0.05) is 23.2 Å². The molecule has 2 atom stereocenters. The molecule has 0 aromatic heterocycles. The Morgan fingerprint density at radius 3 is 2.32 bits per heavy atom. The van der Waals surface area contributed by atoms with E-state index in [0.29, 0.717) is 6.42 Å². The number of esters is 1. The second-order valence-electron chi connectivity index (χ2n) is 4.75. The molecule has 0 spiro atoms. The molecule has 2 rings (SSSR count). The Kier molecular flexibility index (Phi) is 5.34. The van der Waals surface area contributed by atoms with Gasteiger partial charge in [0.05, 0.1) is 18.1 Å². The molecule has 1 aromatic rings. The van der Waals surface area contributed by atoms with Crippen LogP contribution >= 0.6 is 23.2 Å². The lowest BCUT2D eigenvalue weighted by molar-refractivity contribution is -0.147.